The van der Waals surface area contributed by atoms with Crippen LogP contribution in [0.5, 0.6) is 0 Å². The average Bonchev–Trinajstić information content (AvgIpc) is 2.72. The zero-order chi connectivity index (χ0) is 15.0. The molecule has 5 heteroatoms. The number of carbonyl (C=O) groups is 1. The molecule has 0 aliphatic carbocycles. The summed E-state index contributed by atoms with van der Waals surface area (Å²) < 4.78 is 11.6. The maximum absolute atomic E-state index is 12.2. The first-order chi connectivity index (χ1) is 9.23. The average molecular weight is 284 g/mol. The lowest BCUT2D eigenvalue weighted by Crippen LogP contribution is -2.61. The van der Waals surface area contributed by atoms with Crippen LogP contribution < -0.4 is 5.32 Å². The second-order valence-corrected chi connectivity index (χ2v) is 7.24. The van der Waals surface area contributed by atoms with Gasteiger partial charge in [0.05, 0.1) is 13.2 Å². The molecule has 0 aromatic heterocycles. The highest BCUT2D eigenvalue weighted by atomic mass is 16.6. The first kappa shape index (κ1) is 15.6. The number of likely N-dealkylation sites (tertiary alicyclic amines) is 1. The summed E-state index contributed by atoms with van der Waals surface area (Å²) in [6, 6.07) is 0.295. The third-order valence-corrected chi connectivity index (χ3v) is 4.00. The lowest BCUT2D eigenvalue weighted by atomic mass is 9.84. The fourth-order valence-electron chi connectivity index (χ4n) is 3.25. The Hall–Kier alpha value is -0.810. The number of morpholine rings is 1. The molecule has 0 aromatic carbocycles. The molecule has 0 radical (unpaired) electrons. The summed E-state index contributed by atoms with van der Waals surface area (Å²) in [4.78, 5) is 14.0. The monoisotopic (exact) mass is 284 g/mol. The number of hydrogen-bond donors (Lipinski definition) is 1. The van der Waals surface area contributed by atoms with Gasteiger partial charge in [-0.1, -0.05) is 13.8 Å². The van der Waals surface area contributed by atoms with Gasteiger partial charge in [-0.3, -0.25) is 0 Å². The number of carbonyl (C=O) groups excluding carboxylic acids is 1. The molecule has 2 atom stereocenters. The molecule has 2 saturated heterocycles. The Bertz CT molecular complexity index is 365. The van der Waals surface area contributed by atoms with E-state index in [1.54, 1.807) is 4.90 Å². The van der Waals surface area contributed by atoms with Crippen LogP contribution >= 0.6 is 0 Å². The van der Waals surface area contributed by atoms with Crippen LogP contribution in [-0.2, 0) is 9.47 Å². The van der Waals surface area contributed by atoms with E-state index in [9.17, 15) is 4.79 Å². The molecule has 0 saturated carbocycles. The maximum atomic E-state index is 12.2. The summed E-state index contributed by atoms with van der Waals surface area (Å²) in [5, 5.41) is 3.56. The predicted molar refractivity (Wildman–Crippen MR) is 77.7 cm³/mol. The van der Waals surface area contributed by atoms with Crippen molar-refractivity contribution in [3.63, 3.8) is 0 Å². The molecule has 0 bridgehead atoms. The van der Waals surface area contributed by atoms with Gasteiger partial charge in [-0.15, -0.1) is 0 Å². The van der Waals surface area contributed by atoms with Gasteiger partial charge in [0.1, 0.15) is 11.2 Å². The molecule has 1 amide bonds. The number of nitrogens with one attached hydrogen (secondary N) is 1. The van der Waals surface area contributed by atoms with Gasteiger partial charge in [0, 0.05) is 19.1 Å². The van der Waals surface area contributed by atoms with Gasteiger partial charge in [-0.2, -0.15) is 0 Å². The van der Waals surface area contributed by atoms with E-state index < -0.39 is 5.60 Å². The van der Waals surface area contributed by atoms with Crippen LogP contribution in [0.15, 0.2) is 0 Å². The van der Waals surface area contributed by atoms with Crippen molar-refractivity contribution in [3.05, 3.63) is 0 Å². The molecule has 2 aliphatic heterocycles. The van der Waals surface area contributed by atoms with Crippen molar-refractivity contribution in [1.82, 2.24) is 10.2 Å². The minimum absolute atomic E-state index is 0.231. The van der Waals surface area contributed by atoms with Crippen LogP contribution in [0.25, 0.3) is 0 Å². The van der Waals surface area contributed by atoms with Gasteiger partial charge in [0.15, 0.2) is 0 Å². The van der Waals surface area contributed by atoms with E-state index >= 15 is 0 Å². The molecule has 20 heavy (non-hydrogen) atoms. The fourth-order valence-corrected chi connectivity index (χ4v) is 3.25. The van der Waals surface area contributed by atoms with Crippen LogP contribution in [0.4, 0.5) is 4.79 Å². The van der Waals surface area contributed by atoms with E-state index in [0.717, 1.165) is 13.0 Å². The summed E-state index contributed by atoms with van der Waals surface area (Å²) in [5.41, 5.74) is -0.695. The van der Waals surface area contributed by atoms with Crippen molar-refractivity contribution in [2.45, 2.75) is 58.3 Å². The molecule has 0 aromatic rings. The SMILES string of the molecule is CC(C)C1NCCOC12CCN(C(=O)OC(C)(C)C)C2. The lowest BCUT2D eigenvalue weighted by molar-refractivity contribution is -0.0991. The van der Waals surface area contributed by atoms with E-state index in [1.807, 2.05) is 20.8 Å². The Morgan fingerprint density at radius 3 is 2.75 bits per heavy atom. The van der Waals surface area contributed by atoms with Crippen molar-refractivity contribution in [2.75, 3.05) is 26.2 Å². The molecule has 2 fully saturated rings. The van der Waals surface area contributed by atoms with E-state index in [4.69, 9.17) is 9.47 Å². The normalized spacial score (nSPS) is 31.1. The van der Waals surface area contributed by atoms with Crippen molar-refractivity contribution in [1.29, 1.82) is 0 Å². The van der Waals surface area contributed by atoms with Crippen LogP contribution in [0.3, 0.4) is 0 Å². The van der Waals surface area contributed by atoms with Gasteiger partial charge in [0.25, 0.3) is 0 Å². The maximum Gasteiger partial charge on any atom is 0.410 e. The van der Waals surface area contributed by atoms with Gasteiger partial charge < -0.3 is 19.7 Å². The molecule has 2 rings (SSSR count). The Morgan fingerprint density at radius 2 is 2.15 bits per heavy atom. The highest BCUT2D eigenvalue weighted by Crippen LogP contribution is 2.34. The molecule has 1 spiro atoms. The van der Waals surface area contributed by atoms with Crippen molar-refractivity contribution in [3.8, 4) is 0 Å². The minimum atomic E-state index is -0.448. The quantitative estimate of drug-likeness (QED) is 0.800. The van der Waals surface area contributed by atoms with E-state index in [0.29, 0.717) is 31.7 Å². The van der Waals surface area contributed by atoms with Gasteiger partial charge in [-0.05, 0) is 33.1 Å². The zero-order valence-corrected chi connectivity index (χ0v) is 13.4. The predicted octanol–water partition coefficient (Wildman–Crippen LogP) is 2.01. The third-order valence-electron chi connectivity index (χ3n) is 4.00. The Kier molecular flexibility index (Phi) is 4.30. The summed E-state index contributed by atoms with van der Waals surface area (Å²) in [6.07, 6.45) is 0.647. The second kappa shape index (κ2) is 5.53. The molecule has 1 N–H and O–H groups in total. The summed E-state index contributed by atoms with van der Waals surface area (Å²) in [7, 11) is 0. The minimum Gasteiger partial charge on any atom is -0.444 e. The number of hydrogen-bond acceptors (Lipinski definition) is 4. The van der Waals surface area contributed by atoms with Gasteiger partial charge in [0.2, 0.25) is 0 Å². The zero-order valence-electron chi connectivity index (χ0n) is 13.4. The number of amides is 1. The summed E-state index contributed by atoms with van der Waals surface area (Å²) in [6.45, 7) is 13.0. The number of nitrogens with zero attached hydrogens (tertiary/aromatic N) is 1. The van der Waals surface area contributed by atoms with Gasteiger partial charge in [-0.25, -0.2) is 4.79 Å². The number of ether oxygens (including phenoxy) is 2. The highest BCUT2D eigenvalue weighted by Gasteiger charge is 2.50. The Morgan fingerprint density at radius 1 is 1.45 bits per heavy atom. The lowest BCUT2D eigenvalue weighted by Gasteiger charge is -2.44. The molecule has 2 heterocycles. The molecular formula is C15H28N2O3. The largest absolute Gasteiger partial charge is 0.444 e. The first-order valence-corrected chi connectivity index (χ1v) is 7.59. The van der Waals surface area contributed by atoms with E-state index in [1.165, 1.54) is 0 Å². The molecule has 5 nitrogen and oxygen atoms in total. The number of rotatable bonds is 1. The Balaban J connectivity index is 2.04. The molecule has 116 valence electrons. The van der Waals surface area contributed by atoms with Crippen LogP contribution in [-0.4, -0.2) is 54.5 Å². The van der Waals surface area contributed by atoms with Crippen molar-refractivity contribution < 1.29 is 14.3 Å². The van der Waals surface area contributed by atoms with E-state index in [-0.39, 0.29) is 11.7 Å². The van der Waals surface area contributed by atoms with E-state index in [2.05, 4.69) is 19.2 Å². The first-order valence-electron chi connectivity index (χ1n) is 7.59. The van der Waals surface area contributed by atoms with Crippen LogP contribution in [0.1, 0.15) is 41.0 Å². The molecule has 2 aliphatic rings. The highest BCUT2D eigenvalue weighted by molar-refractivity contribution is 5.68. The second-order valence-electron chi connectivity index (χ2n) is 7.24. The fraction of sp³-hybridized carbons (Fsp3) is 0.933. The smallest absolute Gasteiger partial charge is 0.410 e. The van der Waals surface area contributed by atoms with Crippen LogP contribution in [0.2, 0.25) is 0 Å². The molecular weight excluding hydrogens is 256 g/mol. The van der Waals surface area contributed by atoms with Crippen LogP contribution in [0, 0.1) is 5.92 Å². The van der Waals surface area contributed by atoms with Crippen molar-refractivity contribution in [2.24, 2.45) is 5.92 Å². The van der Waals surface area contributed by atoms with Crippen molar-refractivity contribution >= 4 is 6.09 Å². The Labute approximate surface area is 122 Å². The standard InChI is InChI=1S/C15H28N2O3/c1-11(2)12-15(19-9-7-16-12)6-8-17(10-15)13(18)20-14(3,4)5/h11-12,16H,6-10H2,1-5H3. The topological polar surface area (TPSA) is 50.8 Å². The molecule has 2 unspecified atom stereocenters. The summed E-state index contributed by atoms with van der Waals surface area (Å²) >= 11 is 0. The third kappa shape index (κ3) is 3.26. The summed E-state index contributed by atoms with van der Waals surface area (Å²) in [5.74, 6) is 0.480. The van der Waals surface area contributed by atoms with Gasteiger partial charge >= 0.3 is 6.09 Å².